The molecule has 24 heavy (non-hydrogen) atoms. The molecule has 120 valence electrons. The Morgan fingerprint density at radius 3 is 2.21 bits per heavy atom. The van der Waals surface area contributed by atoms with Crippen LogP contribution in [0.1, 0.15) is 36.1 Å². The fraction of sp³-hybridized carbons (Fsp3) is 0.217. The van der Waals surface area contributed by atoms with Crippen molar-refractivity contribution in [3.63, 3.8) is 0 Å². The van der Waals surface area contributed by atoms with E-state index in [4.69, 9.17) is 5.73 Å². The molecule has 0 radical (unpaired) electrons. The molecule has 0 spiro atoms. The predicted octanol–water partition coefficient (Wildman–Crippen LogP) is 5.86. The molecule has 3 aromatic carbocycles. The van der Waals surface area contributed by atoms with Gasteiger partial charge in [0.15, 0.2) is 0 Å². The van der Waals surface area contributed by atoms with E-state index >= 15 is 0 Å². The van der Waals surface area contributed by atoms with Crippen LogP contribution in [0.25, 0.3) is 22.3 Å². The average Bonchev–Trinajstić information content (AvgIpc) is 2.77. The van der Waals surface area contributed by atoms with Gasteiger partial charge in [-0.3, -0.25) is 0 Å². The zero-order valence-electron chi connectivity index (χ0n) is 14.8. The first-order valence-electron chi connectivity index (χ1n) is 8.51. The maximum absolute atomic E-state index is 6.22. The lowest BCUT2D eigenvalue weighted by molar-refractivity contribution is 0.661. The second-order valence-corrected chi connectivity index (χ2v) is 7.43. The summed E-state index contributed by atoms with van der Waals surface area (Å²) in [5.74, 6) is 0. The average molecular weight is 313 g/mol. The van der Waals surface area contributed by atoms with Gasteiger partial charge < -0.3 is 5.73 Å². The van der Waals surface area contributed by atoms with Crippen LogP contribution >= 0.6 is 0 Å². The Kier molecular flexibility index (Phi) is 3.11. The van der Waals surface area contributed by atoms with Crippen molar-refractivity contribution in [2.24, 2.45) is 0 Å². The highest BCUT2D eigenvalue weighted by atomic mass is 14.6. The van der Waals surface area contributed by atoms with Crippen molar-refractivity contribution in [2.75, 3.05) is 5.73 Å². The lowest BCUT2D eigenvalue weighted by Gasteiger charge is -2.26. The first-order chi connectivity index (χ1) is 11.4. The number of anilines is 1. The lowest BCUT2D eigenvalue weighted by atomic mass is 9.77. The fourth-order valence-corrected chi connectivity index (χ4v) is 4.16. The minimum atomic E-state index is -0.0275. The van der Waals surface area contributed by atoms with Crippen LogP contribution in [-0.2, 0) is 5.41 Å². The highest BCUT2D eigenvalue weighted by molar-refractivity contribution is 5.90. The Morgan fingerprint density at radius 1 is 0.792 bits per heavy atom. The maximum atomic E-state index is 6.22. The summed E-state index contributed by atoms with van der Waals surface area (Å²) in [6.45, 7) is 8.97. The summed E-state index contributed by atoms with van der Waals surface area (Å²) in [5.41, 5.74) is 17.6. The molecule has 0 heterocycles. The Balaban J connectivity index is 2.10. The second kappa shape index (κ2) is 4.98. The van der Waals surface area contributed by atoms with E-state index in [1.54, 1.807) is 0 Å². The minimum absolute atomic E-state index is 0.0275. The van der Waals surface area contributed by atoms with E-state index in [-0.39, 0.29) is 5.41 Å². The van der Waals surface area contributed by atoms with Gasteiger partial charge in [-0.25, -0.2) is 0 Å². The molecule has 1 aliphatic carbocycles. The molecule has 1 heteroatoms. The number of fused-ring (bicyclic) bond motifs is 3. The SMILES string of the molecule is Cc1cc2c(cc1N)-c1ccc(C)c(-c3ccccc3)c1C2(C)C. The van der Waals surface area contributed by atoms with Crippen molar-refractivity contribution >= 4 is 5.69 Å². The number of nitrogens with two attached hydrogens (primary N) is 1. The van der Waals surface area contributed by atoms with Gasteiger partial charge in [0.05, 0.1) is 0 Å². The summed E-state index contributed by atoms with van der Waals surface area (Å²) in [4.78, 5) is 0. The summed E-state index contributed by atoms with van der Waals surface area (Å²) in [6, 6.07) is 19.7. The molecule has 4 rings (SSSR count). The molecule has 0 atom stereocenters. The van der Waals surface area contributed by atoms with Crippen LogP contribution in [0.4, 0.5) is 5.69 Å². The molecule has 2 N–H and O–H groups in total. The molecular formula is C23H23N. The van der Waals surface area contributed by atoms with Crippen molar-refractivity contribution in [1.82, 2.24) is 0 Å². The Labute approximate surface area is 144 Å². The summed E-state index contributed by atoms with van der Waals surface area (Å²) in [5, 5.41) is 0. The molecular weight excluding hydrogens is 290 g/mol. The molecule has 0 fully saturated rings. The largest absolute Gasteiger partial charge is 0.398 e. The first-order valence-corrected chi connectivity index (χ1v) is 8.51. The van der Waals surface area contributed by atoms with Crippen LogP contribution < -0.4 is 5.73 Å². The van der Waals surface area contributed by atoms with Crippen LogP contribution in [0.15, 0.2) is 54.6 Å². The summed E-state index contributed by atoms with van der Waals surface area (Å²) >= 11 is 0. The Bertz CT molecular complexity index is 950. The molecule has 0 saturated heterocycles. The van der Waals surface area contributed by atoms with Gasteiger partial charge in [-0.15, -0.1) is 0 Å². The van der Waals surface area contributed by atoms with Crippen molar-refractivity contribution < 1.29 is 0 Å². The molecule has 1 nitrogen and oxygen atoms in total. The normalized spacial score (nSPS) is 14.3. The molecule has 0 bridgehead atoms. The van der Waals surface area contributed by atoms with E-state index in [9.17, 15) is 0 Å². The highest BCUT2D eigenvalue weighted by Crippen LogP contribution is 2.53. The summed E-state index contributed by atoms with van der Waals surface area (Å²) < 4.78 is 0. The van der Waals surface area contributed by atoms with E-state index in [0.29, 0.717) is 0 Å². The third-order valence-corrected chi connectivity index (χ3v) is 5.47. The van der Waals surface area contributed by atoms with Gasteiger partial charge in [-0.05, 0) is 64.4 Å². The van der Waals surface area contributed by atoms with E-state index < -0.39 is 0 Å². The Hall–Kier alpha value is -2.54. The van der Waals surface area contributed by atoms with Gasteiger partial charge in [-0.1, -0.05) is 62.4 Å². The lowest BCUT2D eigenvalue weighted by Crippen LogP contribution is -2.17. The van der Waals surface area contributed by atoms with Gasteiger partial charge in [-0.2, -0.15) is 0 Å². The second-order valence-electron chi connectivity index (χ2n) is 7.43. The van der Waals surface area contributed by atoms with Crippen molar-refractivity contribution in [3.8, 4) is 22.3 Å². The van der Waals surface area contributed by atoms with E-state index in [1.807, 2.05) is 0 Å². The van der Waals surface area contributed by atoms with Crippen LogP contribution in [0.3, 0.4) is 0 Å². The first kappa shape index (κ1) is 15.0. The molecule has 1 aliphatic rings. The third kappa shape index (κ3) is 1.94. The number of nitrogen functional groups attached to an aromatic ring is 1. The molecule has 0 amide bonds. The van der Waals surface area contributed by atoms with E-state index in [0.717, 1.165) is 11.3 Å². The van der Waals surface area contributed by atoms with Gasteiger partial charge in [0.1, 0.15) is 0 Å². The highest BCUT2D eigenvalue weighted by Gasteiger charge is 2.38. The van der Waals surface area contributed by atoms with Crippen molar-refractivity contribution in [1.29, 1.82) is 0 Å². The number of hydrogen-bond donors (Lipinski definition) is 1. The van der Waals surface area contributed by atoms with Gasteiger partial charge in [0.2, 0.25) is 0 Å². The summed E-state index contributed by atoms with van der Waals surface area (Å²) in [6.07, 6.45) is 0. The van der Waals surface area contributed by atoms with Crippen LogP contribution in [0.5, 0.6) is 0 Å². The molecule has 0 aliphatic heterocycles. The number of rotatable bonds is 1. The van der Waals surface area contributed by atoms with E-state index in [2.05, 4.69) is 82.3 Å². The molecule has 0 saturated carbocycles. The van der Waals surface area contributed by atoms with Crippen LogP contribution in [0, 0.1) is 13.8 Å². The molecule has 0 aromatic heterocycles. The number of hydrogen-bond acceptors (Lipinski definition) is 1. The smallest absolute Gasteiger partial charge is 0.0350 e. The minimum Gasteiger partial charge on any atom is -0.398 e. The predicted molar refractivity (Wildman–Crippen MR) is 103 cm³/mol. The maximum Gasteiger partial charge on any atom is 0.0350 e. The quantitative estimate of drug-likeness (QED) is 0.559. The monoisotopic (exact) mass is 313 g/mol. The third-order valence-electron chi connectivity index (χ3n) is 5.47. The zero-order valence-corrected chi connectivity index (χ0v) is 14.8. The van der Waals surface area contributed by atoms with Crippen molar-refractivity contribution in [2.45, 2.75) is 33.1 Å². The standard InChI is InChI=1S/C23H23N/c1-14-10-11-17-18-13-20(24)15(2)12-19(18)23(3,4)22(17)21(14)16-8-6-5-7-9-16/h5-13H,24H2,1-4H3. The number of benzene rings is 3. The topological polar surface area (TPSA) is 26.0 Å². The van der Waals surface area contributed by atoms with Gasteiger partial charge in [0, 0.05) is 11.1 Å². The summed E-state index contributed by atoms with van der Waals surface area (Å²) in [7, 11) is 0. The van der Waals surface area contributed by atoms with Crippen LogP contribution in [-0.4, -0.2) is 0 Å². The van der Waals surface area contributed by atoms with Gasteiger partial charge >= 0.3 is 0 Å². The fourth-order valence-electron chi connectivity index (χ4n) is 4.16. The van der Waals surface area contributed by atoms with Crippen LogP contribution in [0.2, 0.25) is 0 Å². The molecule has 0 unspecified atom stereocenters. The molecule has 3 aromatic rings. The number of aryl methyl sites for hydroxylation is 2. The van der Waals surface area contributed by atoms with E-state index in [1.165, 1.54) is 38.9 Å². The Morgan fingerprint density at radius 2 is 1.50 bits per heavy atom. The van der Waals surface area contributed by atoms with Gasteiger partial charge in [0.25, 0.3) is 0 Å². The van der Waals surface area contributed by atoms with Crippen molar-refractivity contribution in [3.05, 3.63) is 76.9 Å². The zero-order chi connectivity index (χ0) is 17.1.